The summed E-state index contributed by atoms with van der Waals surface area (Å²) in [6.45, 7) is 9.58. The van der Waals surface area contributed by atoms with Crippen molar-refractivity contribution in [3.8, 4) is 0 Å². The van der Waals surface area contributed by atoms with Gasteiger partial charge in [-0.25, -0.2) is 9.13 Å². The fraction of sp³-hybridized carbons (Fsp3) is 0.945. The lowest BCUT2D eigenvalue weighted by Crippen LogP contribution is -2.30. The molecule has 0 fully saturated rings. The Morgan fingerprint density at radius 2 is 0.554 bits per heavy atom. The molecule has 0 aliphatic rings. The second-order valence-electron chi connectivity index (χ2n) is 27.1. The van der Waals surface area contributed by atoms with Crippen molar-refractivity contribution in [1.29, 1.82) is 0 Å². The van der Waals surface area contributed by atoms with Crippen molar-refractivity contribution in [2.24, 2.45) is 11.8 Å². The Hall–Kier alpha value is -1.94. The highest BCUT2D eigenvalue weighted by atomic mass is 31.2. The van der Waals surface area contributed by atoms with E-state index in [2.05, 4.69) is 41.5 Å². The summed E-state index contributed by atoms with van der Waals surface area (Å²) < 4.78 is 68.4. The number of aliphatic hydroxyl groups is 1. The maximum absolute atomic E-state index is 13.1. The minimum Gasteiger partial charge on any atom is -0.462 e. The van der Waals surface area contributed by atoms with Crippen LogP contribution in [0.2, 0.25) is 0 Å². The lowest BCUT2D eigenvalue weighted by atomic mass is 9.99. The smallest absolute Gasteiger partial charge is 0.462 e. The Bertz CT molecular complexity index is 1790. The standard InChI is InChI=1S/C73H142O17P2/c1-7-10-12-14-16-18-20-22-23-25-32-38-44-50-56-71(76)84-61-68(89-72(77)57-51-45-39-33-27-26-30-36-42-48-54-66(6)9-3)63-87-91(79,80)85-59-67(74)60-86-92(81,82)88-64-69(90-73(78)58-52-46-40-34-28-29-35-41-47-53-65(4)5)62-83-70(75)55-49-43-37-31-24-21-19-17-15-13-11-8-2/h65-69,74H,7-64H2,1-6H3,(H,79,80)(H,81,82)/t66?,67-,68-,69-/m1/s1. The maximum atomic E-state index is 13.1. The summed E-state index contributed by atoms with van der Waals surface area (Å²) in [6.07, 6.45) is 51.1. The average Bonchev–Trinajstić information content (AvgIpc) is 2.65. The minimum absolute atomic E-state index is 0.106. The number of unbranched alkanes of at least 4 members (excludes halogenated alkanes) is 41. The van der Waals surface area contributed by atoms with Gasteiger partial charge in [-0.2, -0.15) is 0 Å². The van der Waals surface area contributed by atoms with Crippen LogP contribution < -0.4 is 0 Å². The Labute approximate surface area is 562 Å². The number of hydrogen-bond acceptors (Lipinski definition) is 15. The molecule has 17 nitrogen and oxygen atoms in total. The van der Waals surface area contributed by atoms with Gasteiger partial charge >= 0.3 is 39.5 Å². The van der Waals surface area contributed by atoms with Crippen molar-refractivity contribution in [2.75, 3.05) is 39.6 Å². The molecule has 0 bridgehead atoms. The summed E-state index contributed by atoms with van der Waals surface area (Å²) in [5, 5.41) is 10.6. The Kier molecular flexibility index (Phi) is 63.7. The molecule has 19 heteroatoms. The summed E-state index contributed by atoms with van der Waals surface area (Å²) in [6, 6.07) is 0. The molecule has 0 radical (unpaired) electrons. The van der Waals surface area contributed by atoms with Crippen LogP contribution in [0.1, 0.15) is 375 Å². The number of carbonyl (C=O) groups is 4. The summed E-state index contributed by atoms with van der Waals surface area (Å²) in [5.41, 5.74) is 0. The van der Waals surface area contributed by atoms with Crippen molar-refractivity contribution in [2.45, 2.75) is 394 Å². The normalized spacial score (nSPS) is 14.4. The molecular formula is C73H142O17P2. The van der Waals surface area contributed by atoms with Crippen molar-refractivity contribution in [3.63, 3.8) is 0 Å². The number of aliphatic hydroxyl groups excluding tert-OH is 1. The van der Waals surface area contributed by atoms with E-state index in [1.807, 2.05) is 0 Å². The Balaban J connectivity index is 5.27. The van der Waals surface area contributed by atoms with Crippen LogP contribution in [-0.2, 0) is 65.4 Å². The van der Waals surface area contributed by atoms with Crippen LogP contribution in [0.25, 0.3) is 0 Å². The molecule has 0 aliphatic heterocycles. The van der Waals surface area contributed by atoms with E-state index < -0.39 is 97.5 Å². The molecule has 0 aromatic rings. The number of phosphoric acid groups is 2. The second kappa shape index (κ2) is 65.0. The predicted octanol–water partition coefficient (Wildman–Crippen LogP) is 21.2. The van der Waals surface area contributed by atoms with Crippen LogP contribution in [0, 0.1) is 11.8 Å². The predicted molar refractivity (Wildman–Crippen MR) is 372 cm³/mol. The summed E-state index contributed by atoms with van der Waals surface area (Å²) in [7, 11) is -9.91. The van der Waals surface area contributed by atoms with Gasteiger partial charge in [0.1, 0.15) is 19.3 Å². The summed E-state index contributed by atoms with van der Waals surface area (Å²) in [5.74, 6) is -0.579. The van der Waals surface area contributed by atoms with E-state index in [9.17, 15) is 43.2 Å². The van der Waals surface area contributed by atoms with Gasteiger partial charge in [0, 0.05) is 25.7 Å². The molecule has 0 saturated carbocycles. The quantitative estimate of drug-likeness (QED) is 0.0222. The van der Waals surface area contributed by atoms with Gasteiger partial charge in [0.2, 0.25) is 0 Å². The maximum Gasteiger partial charge on any atom is 0.472 e. The molecule has 0 rings (SSSR count). The van der Waals surface area contributed by atoms with Crippen LogP contribution >= 0.6 is 15.6 Å². The molecular weight excluding hydrogens is 1210 g/mol. The van der Waals surface area contributed by atoms with Crippen molar-refractivity contribution >= 4 is 39.5 Å². The van der Waals surface area contributed by atoms with E-state index in [4.69, 9.17) is 37.0 Å². The third kappa shape index (κ3) is 65.4. The van der Waals surface area contributed by atoms with Crippen LogP contribution in [0.3, 0.4) is 0 Å². The number of phosphoric ester groups is 2. The zero-order valence-electron chi connectivity index (χ0n) is 59.9. The van der Waals surface area contributed by atoms with Gasteiger partial charge < -0.3 is 33.8 Å². The van der Waals surface area contributed by atoms with Crippen molar-refractivity contribution < 1.29 is 80.2 Å². The third-order valence-electron chi connectivity index (χ3n) is 17.3. The molecule has 0 spiro atoms. The van der Waals surface area contributed by atoms with Gasteiger partial charge in [0.25, 0.3) is 0 Å². The monoisotopic (exact) mass is 1350 g/mol. The van der Waals surface area contributed by atoms with Gasteiger partial charge in [-0.05, 0) is 37.5 Å². The molecule has 92 heavy (non-hydrogen) atoms. The third-order valence-corrected chi connectivity index (χ3v) is 19.2. The van der Waals surface area contributed by atoms with E-state index in [-0.39, 0.29) is 25.7 Å². The number of esters is 4. The number of carbonyl (C=O) groups excluding carboxylic acids is 4. The first-order valence-electron chi connectivity index (χ1n) is 38.0. The van der Waals surface area contributed by atoms with Gasteiger partial charge in [0.15, 0.2) is 12.2 Å². The van der Waals surface area contributed by atoms with Crippen molar-refractivity contribution in [1.82, 2.24) is 0 Å². The highest BCUT2D eigenvalue weighted by Crippen LogP contribution is 2.45. The van der Waals surface area contributed by atoms with E-state index in [0.29, 0.717) is 25.7 Å². The molecule has 0 aromatic carbocycles. The molecule has 3 unspecified atom stereocenters. The number of hydrogen-bond donors (Lipinski definition) is 3. The molecule has 0 aliphatic carbocycles. The van der Waals surface area contributed by atoms with Crippen LogP contribution in [-0.4, -0.2) is 96.7 Å². The van der Waals surface area contributed by atoms with Gasteiger partial charge in [-0.3, -0.25) is 37.3 Å². The first kappa shape index (κ1) is 90.1. The molecule has 3 N–H and O–H groups in total. The van der Waals surface area contributed by atoms with E-state index >= 15 is 0 Å². The largest absolute Gasteiger partial charge is 0.472 e. The fourth-order valence-corrected chi connectivity index (χ4v) is 12.7. The highest BCUT2D eigenvalue weighted by Gasteiger charge is 2.30. The highest BCUT2D eigenvalue weighted by molar-refractivity contribution is 7.47. The summed E-state index contributed by atoms with van der Waals surface area (Å²) in [4.78, 5) is 72.7. The SMILES string of the molecule is CCCCCCCCCCCCCCCCC(=O)OC[C@H](COP(=O)(O)OC[C@@H](O)COP(=O)(O)OC[C@@H](COC(=O)CCCCCCCCCCCCCC)OC(=O)CCCCCCCCCCCC(C)C)OC(=O)CCCCCCCCCCCCC(C)CC. The number of ether oxygens (including phenoxy) is 4. The lowest BCUT2D eigenvalue weighted by Gasteiger charge is -2.21. The fourth-order valence-electron chi connectivity index (χ4n) is 11.1. The topological polar surface area (TPSA) is 237 Å². The molecule has 546 valence electrons. The second-order valence-corrected chi connectivity index (χ2v) is 30.0. The first-order valence-corrected chi connectivity index (χ1v) is 41.0. The lowest BCUT2D eigenvalue weighted by molar-refractivity contribution is -0.161. The Morgan fingerprint density at radius 3 is 0.826 bits per heavy atom. The molecule has 0 amide bonds. The van der Waals surface area contributed by atoms with Gasteiger partial charge in [-0.15, -0.1) is 0 Å². The zero-order chi connectivity index (χ0) is 67.9. The Morgan fingerprint density at radius 1 is 0.315 bits per heavy atom. The molecule has 0 saturated heterocycles. The molecule has 6 atom stereocenters. The van der Waals surface area contributed by atoms with Gasteiger partial charge in [-0.1, -0.05) is 324 Å². The van der Waals surface area contributed by atoms with Crippen LogP contribution in [0.5, 0.6) is 0 Å². The van der Waals surface area contributed by atoms with Crippen LogP contribution in [0.15, 0.2) is 0 Å². The zero-order valence-corrected chi connectivity index (χ0v) is 61.6. The van der Waals surface area contributed by atoms with E-state index in [0.717, 1.165) is 102 Å². The number of rotatable bonds is 72. The summed E-state index contributed by atoms with van der Waals surface area (Å²) >= 11 is 0. The molecule has 0 aromatic heterocycles. The van der Waals surface area contributed by atoms with Crippen molar-refractivity contribution in [3.05, 3.63) is 0 Å². The van der Waals surface area contributed by atoms with E-state index in [1.165, 1.54) is 193 Å². The molecule has 0 heterocycles. The average molecular weight is 1350 g/mol. The van der Waals surface area contributed by atoms with Gasteiger partial charge in [0.05, 0.1) is 26.4 Å². The minimum atomic E-state index is -4.95. The van der Waals surface area contributed by atoms with E-state index in [1.54, 1.807) is 0 Å². The van der Waals surface area contributed by atoms with Crippen LogP contribution in [0.4, 0.5) is 0 Å². The first-order chi connectivity index (χ1) is 44.4.